The number of hydrogen-bond acceptors (Lipinski definition) is 4. The van der Waals surface area contributed by atoms with Crippen LogP contribution in [0.5, 0.6) is 0 Å². The molecule has 0 saturated carbocycles. The summed E-state index contributed by atoms with van der Waals surface area (Å²) in [5, 5.41) is 0. The fourth-order valence-corrected chi connectivity index (χ4v) is 3.07. The Kier molecular flexibility index (Phi) is 5.62. The van der Waals surface area contributed by atoms with E-state index >= 15 is 0 Å². The molecular weight excluding hydrogens is 344 g/mol. The van der Waals surface area contributed by atoms with E-state index in [0.717, 1.165) is 10.9 Å². The summed E-state index contributed by atoms with van der Waals surface area (Å²) in [6.45, 7) is 6.31. The van der Waals surface area contributed by atoms with Gasteiger partial charge in [0.05, 0.1) is 14.2 Å². The van der Waals surface area contributed by atoms with Crippen LogP contribution < -0.4 is 0 Å². The van der Waals surface area contributed by atoms with E-state index in [2.05, 4.69) is 48.8 Å². The Morgan fingerprint density at radius 2 is 1.82 bits per heavy atom. The van der Waals surface area contributed by atoms with Crippen LogP contribution in [-0.2, 0) is 15.9 Å². The second-order valence-electron chi connectivity index (χ2n) is 5.82. The summed E-state index contributed by atoms with van der Waals surface area (Å²) in [6, 6.07) is 6.08. The molecule has 0 aromatic heterocycles. The maximum atomic E-state index is 5.49. The number of aryl methyl sites for hydroxylation is 1. The van der Waals surface area contributed by atoms with Gasteiger partial charge in [0.15, 0.2) is 0 Å². The molecule has 1 aliphatic rings. The molecule has 22 heavy (non-hydrogen) atoms. The molecule has 2 atom stereocenters. The van der Waals surface area contributed by atoms with Crippen molar-refractivity contribution in [2.75, 3.05) is 14.2 Å². The Hall–Kier alpha value is -1.36. The van der Waals surface area contributed by atoms with E-state index in [1.54, 1.807) is 14.2 Å². The molecule has 0 N–H and O–H groups in total. The van der Waals surface area contributed by atoms with Crippen LogP contribution in [0.2, 0.25) is 0 Å². The number of rotatable bonds is 3. The smallest absolute Gasteiger partial charge is 0.209 e. The van der Waals surface area contributed by atoms with E-state index in [0.29, 0.717) is 17.7 Å². The van der Waals surface area contributed by atoms with Crippen LogP contribution in [0.3, 0.4) is 0 Å². The summed E-state index contributed by atoms with van der Waals surface area (Å²) in [5.74, 6) is 1.69. The molecule has 1 aromatic carbocycles. The topological polar surface area (TPSA) is 43.2 Å². The van der Waals surface area contributed by atoms with Crippen molar-refractivity contribution in [2.45, 2.75) is 39.3 Å². The number of halogens is 1. The Labute approximate surface area is 140 Å². The highest BCUT2D eigenvalue weighted by Crippen LogP contribution is 2.22. The van der Waals surface area contributed by atoms with Crippen molar-refractivity contribution in [3.8, 4) is 0 Å². The van der Waals surface area contributed by atoms with Crippen molar-refractivity contribution in [3.63, 3.8) is 0 Å². The Balaban J connectivity index is 2.29. The van der Waals surface area contributed by atoms with Crippen LogP contribution in [-0.4, -0.2) is 38.1 Å². The lowest BCUT2D eigenvalue weighted by Crippen LogP contribution is -2.38. The summed E-state index contributed by atoms with van der Waals surface area (Å²) in [4.78, 5) is 9.45. The van der Waals surface area contributed by atoms with Crippen molar-refractivity contribution < 1.29 is 9.47 Å². The summed E-state index contributed by atoms with van der Waals surface area (Å²) in [6.07, 6.45) is 0.753. The molecule has 120 valence electrons. The van der Waals surface area contributed by atoms with Gasteiger partial charge in [-0.1, -0.05) is 35.8 Å². The van der Waals surface area contributed by atoms with Gasteiger partial charge in [-0.25, -0.2) is 9.98 Å². The fourth-order valence-electron chi connectivity index (χ4n) is 2.59. The van der Waals surface area contributed by atoms with Gasteiger partial charge in [-0.3, -0.25) is 0 Å². The fraction of sp³-hybridized carbons (Fsp3) is 0.529. The Bertz CT molecular complexity index is 596. The molecule has 0 bridgehead atoms. The zero-order valence-corrected chi connectivity index (χ0v) is 15.3. The highest BCUT2D eigenvalue weighted by atomic mass is 79.9. The third-order valence-corrected chi connectivity index (χ3v) is 4.35. The minimum absolute atomic E-state index is 0.0674. The lowest BCUT2D eigenvalue weighted by Gasteiger charge is -2.27. The first-order valence-electron chi connectivity index (χ1n) is 7.44. The second-order valence-corrected chi connectivity index (χ2v) is 6.74. The summed E-state index contributed by atoms with van der Waals surface area (Å²) >= 11 is 3.50. The second kappa shape index (κ2) is 7.27. The third-order valence-electron chi connectivity index (χ3n) is 3.86. The van der Waals surface area contributed by atoms with Crippen molar-refractivity contribution in [3.05, 3.63) is 33.8 Å². The van der Waals surface area contributed by atoms with Crippen LogP contribution in [0.1, 0.15) is 25.0 Å². The van der Waals surface area contributed by atoms with Gasteiger partial charge in [-0.2, -0.15) is 0 Å². The largest absolute Gasteiger partial charge is 0.483 e. The molecular formula is C17H23BrN2O2. The molecule has 1 unspecified atom stereocenters. The highest BCUT2D eigenvalue weighted by molar-refractivity contribution is 9.10. The summed E-state index contributed by atoms with van der Waals surface area (Å²) in [5.41, 5.74) is 2.46. The average Bonchev–Trinajstić information content (AvgIpc) is 2.49. The molecule has 1 aliphatic heterocycles. The van der Waals surface area contributed by atoms with E-state index in [-0.39, 0.29) is 12.1 Å². The molecule has 2 rings (SSSR count). The normalized spacial score (nSPS) is 21.4. The number of benzene rings is 1. The van der Waals surface area contributed by atoms with Crippen LogP contribution in [0.15, 0.2) is 32.7 Å². The van der Waals surface area contributed by atoms with Crippen molar-refractivity contribution in [1.82, 2.24) is 0 Å². The molecule has 0 fully saturated rings. The zero-order valence-electron chi connectivity index (χ0n) is 13.8. The SMILES string of the molecule is COC1=N[C@H](Cc2ccc(Br)cc2C)C(OC)=NC1C(C)C. The first-order valence-corrected chi connectivity index (χ1v) is 8.24. The van der Waals surface area contributed by atoms with E-state index < -0.39 is 0 Å². The minimum Gasteiger partial charge on any atom is -0.483 e. The van der Waals surface area contributed by atoms with Crippen molar-refractivity contribution in [2.24, 2.45) is 15.9 Å². The number of methoxy groups -OCH3 is 2. The first kappa shape index (κ1) is 17.0. The minimum atomic E-state index is -0.130. The van der Waals surface area contributed by atoms with E-state index in [4.69, 9.17) is 19.5 Å². The standard InChI is InChI=1S/C17H23BrN2O2/c1-10(2)15-17(22-5)19-14(16(20-15)21-4)9-12-6-7-13(18)8-11(12)3/h6-8,10,14-15H,9H2,1-5H3/t14-,15?/m1/s1. The van der Waals surface area contributed by atoms with Gasteiger partial charge in [0.2, 0.25) is 11.8 Å². The predicted molar refractivity (Wildman–Crippen MR) is 93.9 cm³/mol. The predicted octanol–water partition coefficient (Wildman–Crippen LogP) is 3.80. The molecule has 4 nitrogen and oxygen atoms in total. The number of aliphatic imine (C=N–C) groups is 2. The van der Waals surface area contributed by atoms with Crippen molar-refractivity contribution in [1.29, 1.82) is 0 Å². The summed E-state index contributed by atoms with van der Waals surface area (Å²) in [7, 11) is 3.31. The highest BCUT2D eigenvalue weighted by Gasteiger charge is 2.31. The van der Waals surface area contributed by atoms with Crippen LogP contribution >= 0.6 is 15.9 Å². The maximum absolute atomic E-state index is 5.49. The van der Waals surface area contributed by atoms with Gasteiger partial charge in [0, 0.05) is 10.9 Å². The third kappa shape index (κ3) is 3.69. The molecule has 0 spiro atoms. The van der Waals surface area contributed by atoms with E-state index in [1.807, 2.05) is 6.07 Å². The lowest BCUT2D eigenvalue weighted by molar-refractivity contribution is 0.332. The van der Waals surface area contributed by atoms with Gasteiger partial charge < -0.3 is 9.47 Å². The molecule has 0 saturated heterocycles. The van der Waals surface area contributed by atoms with E-state index in [1.165, 1.54) is 11.1 Å². The van der Waals surface area contributed by atoms with Gasteiger partial charge in [-0.05, 0) is 36.1 Å². The van der Waals surface area contributed by atoms with Gasteiger partial charge in [0.1, 0.15) is 12.1 Å². The summed E-state index contributed by atoms with van der Waals surface area (Å²) < 4.78 is 12.0. The number of ether oxygens (including phenoxy) is 2. The van der Waals surface area contributed by atoms with Crippen LogP contribution in [0.25, 0.3) is 0 Å². The van der Waals surface area contributed by atoms with Gasteiger partial charge >= 0.3 is 0 Å². The van der Waals surface area contributed by atoms with Crippen LogP contribution in [0, 0.1) is 12.8 Å². The number of hydrogen-bond donors (Lipinski definition) is 0. The van der Waals surface area contributed by atoms with Gasteiger partial charge in [-0.15, -0.1) is 0 Å². The Morgan fingerprint density at radius 1 is 1.14 bits per heavy atom. The lowest BCUT2D eigenvalue weighted by atomic mass is 9.98. The quantitative estimate of drug-likeness (QED) is 0.816. The van der Waals surface area contributed by atoms with Crippen LogP contribution in [0.4, 0.5) is 0 Å². The Morgan fingerprint density at radius 3 is 2.36 bits per heavy atom. The first-order chi connectivity index (χ1) is 10.5. The molecule has 5 heteroatoms. The molecule has 1 aromatic rings. The average molecular weight is 367 g/mol. The van der Waals surface area contributed by atoms with Gasteiger partial charge in [0.25, 0.3) is 0 Å². The molecule has 1 heterocycles. The monoisotopic (exact) mass is 366 g/mol. The molecule has 0 amide bonds. The van der Waals surface area contributed by atoms with Crippen molar-refractivity contribution >= 4 is 27.7 Å². The molecule has 0 aliphatic carbocycles. The zero-order chi connectivity index (χ0) is 16.3. The molecule has 0 radical (unpaired) electrons. The number of nitrogens with zero attached hydrogens (tertiary/aromatic N) is 2. The van der Waals surface area contributed by atoms with E-state index in [9.17, 15) is 0 Å². The maximum Gasteiger partial charge on any atom is 0.209 e.